The fourth-order valence-electron chi connectivity index (χ4n) is 1.57. The summed E-state index contributed by atoms with van der Waals surface area (Å²) in [6.45, 7) is 1.98. The van der Waals surface area contributed by atoms with Crippen LogP contribution in [0, 0.1) is 6.92 Å². The highest BCUT2D eigenvalue weighted by atomic mass is 35.5. The maximum atomic E-state index is 6.44. The molecule has 0 spiro atoms. The number of rotatable bonds is 3. The quantitative estimate of drug-likeness (QED) is 0.718. The van der Waals surface area contributed by atoms with Crippen molar-refractivity contribution < 1.29 is 4.74 Å². The molecule has 0 radical (unpaired) electrons. The number of ether oxygens (including phenoxy) is 1. The number of alkyl halides is 1. The Balaban J connectivity index is 2.32. The van der Waals surface area contributed by atoms with E-state index in [0.29, 0.717) is 0 Å². The summed E-state index contributed by atoms with van der Waals surface area (Å²) in [4.78, 5) is 1.06. The molecular formula is C13H12Cl2OS. The zero-order valence-electron chi connectivity index (χ0n) is 9.54. The van der Waals surface area contributed by atoms with Crippen molar-refractivity contribution in [1.29, 1.82) is 0 Å². The smallest absolute Gasteiger partial charge is 0.119 e. The van der Waals surface area contributed by atoms with Crippen molar-refractivity contribution in [3.05, 3.63) is 50.7 Å². The van der Waals surface area contributed by atoms with Gasteiger partial charge in [0.1, 0.15) is 5.75 Å². The number of aryl methyl sites for hydroxylation is 1. The third-order valence-electron chi connectivity index (χ3n) is 2.51. The highest BCUT2D eigenvalue weighted by Crippen LogP contribution is 2.38. The number of hydrogen-bond acceptors (Lipinski definition) is 2. The minimum absolute atomic E-state index is 0.179. The van der Waals surface area contributed by atoms with Crippen LogP contribution >= 0.6 is 34.5 Å². The minimum Gasteiger partial charge on any atom is -0.497 e. The van der Waals surface area contributed by atoms with Gasteiger partial charge >= 0.3 is 0 Å². The lowest BCUT2D eigenvalue weighted by molar-refractivity contribution is 0.414. The fraction of sp³-hybridized carbons (Fsp3) is 0.231. The monoisotopic (exact) mass is 286 g/mol. The summed E-state index contributed by atoms with van der Waals surface area (Å²) in [5.41, 5.74) is 2.09. The fourth-order valence-corrected chi connectivity index (χ4v) is 3.13. The molecule has 1 unspecified atom stereocenters. The number of halogens is 2. The van der Waals surface area contributed by atoms with E-state index in [1.807, 2.05) is 37.3 Å². The molecule has 1 aromatic carbocycles. The Kier molecular flexibility index (Phi) is 3.97. The second-order valence-corrected chi connectivity index (χ2v) is 5.87. The van der Waals surface area contributed by atoms with E-state index in [9.17, 15) is 0 Å². The predicted octanol–water partition coefficient (Wildman–Crippen LogP) is 5.05. The normalized spacial score (nSPS) is 12.5. The van der Waals surface area contributed by atoms with Crippen LogP contribution in [0.25, 0.3) is 0 Å². The van der Waals surface area contributed by atoms with Crippen molar-refractivity contribution >= 4 is 34.5 Å². The van der Waals surface area contributed by atoms with E-state index in [2.05, 4.69) is 0 Å². The Hall–Kier alpha value is -0.700. The first-order valence-electron chi connectivity index (χ1n) is 5.15. The third-order valence-corrected chi connectivity index (χ3v) is 4.75. The van der Waals surface area contributed by atoms with Gasteiger partial charge in [-0.3, -0.25) is 0 Å². The molecule has 1 aromatic heterocycles. The lowest BCUT2D eigenvalue weighted by Gasteiger charge is -2.09. The van der Waals surface area contributed by atoms with Crippen LogP contribution < -0.4 is 4.74 Å². The molecule has 17 heavy (non-hydrogen) atoms. The SMILES string of the molecule is COc1cccc(C(Cl)c2cc(C)c(Cl)s2)c1. The van der Waals surface area contributed by atoms with Gasteiger partial charge in [0.05, 0.1) is 16.8 Å². The van der Waals surface area contributed by atoms with E-state index in [1.165, 1.54) is 11.3 Å². The van der Waals surface area contributed by atoms with E-state index in [-0.39, 0.29) is 5.38 Å². The van der Waals surface area contributed by atoms with E-state index in [4.69, 9.17) is 27.9 Å². The van der Waals surface area contributed by atoms with Gasteiger partial charge in [0.15, 0.2) is 0 Å². The van der Waals surface area contributed by atoms with Gasteiger partial charge in [0, 0.05) is 4.88 Å². The molecule has 1 atom stereocenters. The molecule has 0 N–H and O–H groups in total. The maximum Gasteiger partial charge on any atom is 0.119 e. The first-order chi connectivity index (χ1) is 8.11. The summed E-state index contributed by atoms with van der Waals surface area (Å²) in [6, 6.07) is 9.80. The molecule has 90 valence electrons. The van der Waals surface area contributed by atoms with Crippen molar-refractivity contribution in [2.45, 2.75) is 12.3 Å². The third kappa shape index (κ3) is 2.76. The van der Waals surface area contributed by atoms with E-state index >= 15 is 0 Å². The Labute approximate surface area is 115 Å². The highest BCUT2D eigenvalue weighted by Gasteiger charge is 2.15. The Morgan fingerprint density at radius 3 is 2.65 bits per heavy atom. The summed E-state index contributed by atoms with van der Waals surface area (Å²) in [5.74, 6) is 0.813. The first kappa shape index (κ1) is 12.7. The Morgan fingerprint density at radius 2 is 2.06 bits per heavy atom. The largest absolute Gasteiger partial charge is 0.497 e. The lowest BCUT2D eigenvalue weighted by Crippen LogP contribution is -1.91. The Bertz CT molecular complexity index is 502. The minimum atomic E-state index is -0.179. The van der Waals surface area contributed by atoms with E-state index in [0.717, 1.165) is 26.1 Å². The number of thiophene rings is 1. The van der Waals surface area contributed by atoms with Crippen LogP contribution in [0.1, 0.15) is 21.4 Å². The molecule has 0 amide bonds. The molecule has 1 heterocycles. The average molecular weight is 287 g/mol. The molecule has 0 aliphatic rings. The van der Waals surface area contributed by atoms with Gasteiger partial charge in [-0.2, -0.15) is 0 Å². The van der Waals surface area contributed by atoms with Crippen LogP contribution in [0.3, 0.4) is 0 Å². The highest BCUT2D eigenvalue weighted by molar-refractivity contribution is 7.16. The first-order valence-corrected chi connectivity index (χ1v) is 6.78. The molecule has 0 aliphatic carbocycles. The molecule has 2 aromatic rings. The second kappa shape index (κ2) is 5.30. The van der Waals surface area contributed by atoms with Crippen molar-refractivity contribution in [3.8, 4) is 5.75 Å². The van der Waals surface area contributed by atoms with Crippen LogP contribution in [-0.4, -0.2) is 7.11 Å². The van der Waals surface area contributed by atoms with Crippen molar-refractivity contribution in [3.63, 3.8) is 0 Å². The molecule has 1 nitrogen and oxygen atoms in total. The van der Waals surface area contributed by atoms with Gasteiger partial charge in [-0.1, -0.05) is 23.7 Å². The zero-order chi connectivity index (χ0) is 12.4. The second-order valence-electron chi connectivity index (χ2n) is 3.74. The number of methoxy groups -OCH3 is 1. The number of benzene rings is 1. The lowest BCUT2D eigenvalue weighted by atomic mass is 10.1. The maximum absolute atomic E-state index is 6.44. The standard InChI is InChI=1S/C13H12Cl2OS/c1-8-6-11(17-13(8)15)12(14)9-4-3-5-10(7-9)16-2/h3-7,12H,1-2H3. The summed E-state index contributed by atoms with van der Waals surface area (Å²) in [7, 11) is 1.65. The molecule has 4 heteroatoms. The zero-order valence-corrected chi connectivity index (χ0v) is 11.9. The van der Waals surface area contributed by atoms with Gasteiger partial charge in [-0.25, -0.2) is 0 Å². The van der Waals surface area contributed by atoms with Crippen molar-refractivity contribution in [2.75, 3.05) is 7.11 Å². The summed E-state index contributed by atoms with van der Waals surface area (Å²) < 4.78 is 5.99. The van der Waals surface area contributed by atoms with Crippen molar-refractivity contribution in [2.24, 2.45) is 0 Å². The molecule has 0 saturated heterocycles. The molecule has 2 rings (SSSR count). The number of hydrogen-bond donors (Lipinski definition) is 0. The van der Waals surface area contributed by atoms with Crippen LogP contribution in [0.2, 0.25) is 4.34 Å². The molecule has 0 saturated carbocycles. The van der Waals surface area contributed by atoms with E-state index in [1.54, 1.807) is 7.11 Å². The van der Waals surface area contributed by atoms with Crippen molar-refractivity contribution in [1.82, 2.24) is 0 Å². The van der Waals surface area contributed by atoms with Crippen LogP contribution in [0.15, 0.2) is 30.3 Å². The van der Waals surface area contributed by atoms with Gasteiger partial charge in [-0.15, -0.1) is 22.9 Å². The van der Waals surface area contributed by atoms with Crippen LogP contribution in [0.4, 0.5) is 0 Å². The molecular weight excluding hydrogens is 275 g/mol. The summed E-state index contributed by atoms with van der Waals surface area (Å²) in [6.07, 6.45) is 0. The summed E-state index contributed by atoms with van der Waals surface area (Å²) >= 11 is 14.0. The van der Waals surface area contributed by atoms with Gasteiger partial charge < -0.3 is 4.74 Å². The molecule has 0 fully saturated rings. The molecule has 0 aliphatic heterocycles. The van der Waals surface area contributed by atoms with Crippen LogP contribution in [-0.2, 0) is 0 Å². The average Bonchev–Trinajstić information content (AvgIpc) is 2.69. The Morgan fingerprint density at radius 1 is 1.29 bits per heavy atom. The summed E-state index contributed by atoms with van der Waals surface area (Å²) in [5, 5.41) is -0.179. The van der Waals surface area contributed by atoms with Crippen LogP contribution in [0.5, 0.6) is 5.75 Å². The molecule has 0 bridgehead atoms. The van der Waals surface area contributed by atoms with Gasteiger partial charge in [0.2, 0.25) is 0 Å². The van der Waals surface area contributed by atoms with E-state index < -0.39 is 0 Å². The van der Waals surface area contributed by atoms with Gasteiger partial charge in [-0.05, 0) is 36.2 Å². The topological polar surface area (TPSA) is 9.23 Å². The predicted molar refractivity (Wildman–Crippen MR) is 74.8 cm³/mol. The van der Waals surface area contributed by atoms with Gasteiger partial charge in [0.25, 0.3) is 0 Å².